The average molecular weight is 360 g/mol. The van der Waals surface area contributed by atoms with Crippen molar-refractivity contribution in [1.29, 1.82) is 0 Å². The second-order valence-electron chi connectivity index (χ2n) is 6.47. The fraction of sp³-hybridized carbons (Fsp3) is 0.529. The van der Waals surface area contributed by atoms with Crippen molar-refractivity contribution < 1.29 is 22.8 Å². The Balaban J connectivity index is 1.86. The van der Waals surface area contributed by atoms with Crippen molar-refractivity contribution in [3.8, 4) is 0 Å². The van der Waals surface area contributed by atoms with E-state index >= 15 is 0 Å². The number of amides is 1. The van der Waals surface area contributed by atoms with Crippen LogP contribution in [0.4, 0.5) is 18.9 Å². The summed E-state index contributed by atoms with van der Waals surface area (Å²) in [7, 11) is 0. The zero-order valence-electron chi connectivity index (χ0n) is 13.0. The van der Waals surface area contributed by atoms with Crippen LogP contribution in [-0.2, 0) is 15.0 Å². The molecule has 3 nitrogen and oxygen atoms in total. The van der Waals surface area contributed by atoms with Crippen LogP contribution in [0, 0.1) is 0 Å². The standard InChI is InChI=1S/C17H17ClF3NO2/c18-12-4-3-5-13-14(12)16(7-1-2-8-16)15(24)22(13)10-11(23)6-9-17(19,20)21/h3-5H,1-2,6-10H2. The normalized spacial score (nSPS) is 19.2. The van der Waals surface area contributed by atoms with Gasteiger partial charge in [0.15, 0.2) is 5.78 Å². The lowest BCUT2D eigenvalue weighted by Crippen LogP contribution is -2.41. The highest BCUT2D eigenvalue weighted by Gasteiger charge is 2.53. The maximum absolute atomic E-state index is 13.0. The summed E-state index contributed by atoms with van der Waals surface area (Å²) >= 11 is 6.31. The molecule has 0 unspecified atom stereocenters. The summed E-state index contributed by atoms with van der Waals surface area (Å²) in [6.07, 6.45) is -3.04. The Labute approximate surface area is 142 Å². The summed E-state index contributed by atoms with van der Waals surface area (Å²) in [5.74, 6) is -0.801. The average Bonchev–Trinajstić information content (AvgIpc) is 3.06. The highest BCUT2D eigenvalue weighted by molar-refractivity contribution is 6.33. The highest BCUT2D eigenvalue weighted by Crippen LogP contribution is 2.53. The van der Waals surface area contributed by atoms with Crippen LogP contribution in [-0.4, -0.2) is 24.4 Å². The summed E-state index contributed by atoms with van der Waals surface area (Å²) in [5.41, 5.74) is 0.588. The SMILES string of the molecule is O=C(CCC(F)(F)F)CN1C(=O)C2(CCCC2)c2c(Cl)cccc21. The molecule has 1 heterocycles. The van der Waals surface area contributed by atoms with Crippen molar-refractivity contribution in [3.63, 3.8) is 0 Å². The van der Waals surface area contributed by atoms with Gasteiger partial charge in [0, 0.05) is 22.7 Å². The molecule has 1 amide bonds. The van der Waals surface area contributed by atoms with Crippen LogP contribution in [0.3, 0.4) is 0 Å². The van der Waals surface area contributed by atoms with E-state index < -0.39 is 30.2 Å². The molecule has 3 rings (SSSR count). The van der Waals surface area contributed by atoms with Crippen LogP contribution in [0.25, 0.3) is 0 Å². The number of fused-ring (bicyclic) bond motifs is 2. The molecule has 1 spiro atoms. The Morgan fingerprint density at radius 3 is 2.54 bits per heavy atom. The van der Waals surface area contributed by atoms with E-state index in [1.165, 1.54) is 4.90 Å². The van der Waals surface area contributed by atoms with Gasteiger partial charge in [0.05, 0.1) is 18.4 Å². The minimum absolute atomic E-state index is 0.205. The Hall–Kier alpha value is -1.56. The number of benzene rings is 1. The zero-order valence-corrected chi connectivity index (χ0v) is 13.7. The quantitative estimate of drug-likeness (QED) is 0.798. The van der Waals surface area contributed by atoms with Gasteiger partial charge in [-0.25, -0.2) is 0 Å². The molecule has 0 N–H and O–H groups in total. The number of hydrogen-bond donors (Lipinski definition) is 0. The molecule has 1 aromatic carbocycles. The highest BCUT2D eigenvalue weighted by atomic mass is 35.5. The predicted molar refractivity (Wildman–Crippen MR) is 84.2 cm³/mol. The predicted octanol–water partition coefficient (Wildman–Crippen LogP) is 4.41. The fourth-order valence-corrected chi connectivity index (χ4v) is 4.17. The van der Waals surface area contributed by atoms with Gasteiger partial charge in [-0.3, -0.25) is 9.59 Å². The smallest absolute Gasteiger partial charge is 0.304 e. The van der Waals surface area contributed by atoms with E-state index in [2.05, 4.69) is 0 Å². The number of ketones is 1. The summed E-state index contributed by atoms with van der Waals surface area (Å²) in [5, 5.41) is 0.480. The van der Waals surface area contributed by atoms with Crippen molar-refractivity contribution in [2.24, 2.45) is 0 Å². The number of rotatable bonds is 4. The van der Waals surface area contributed by atoms with Crippen LogP contribution in [0.15, 0.2) is 18.2 Å². The van der Waals surface area contributed by atoms with Crippen molar-refractivity contribution in [2.75, 3.05) is 11.4 Å². The molecular weight excluding hydrogens is 343 g/mol. The third kappa shape index (κ3) is 2.92. The number of carbonyl (C=O) groups excluding carboxylic acids is 2. The molecule has 24 heavy (non-hydrogen) atoms. The Bertz CT molecular complexity index is 681. The molecule has 0 aromatic heterocycles. The van der Waals surface area contributed by atoms with Gasteiger partial charge in [0.25, 0.3) is 0 Å². The Morgan fingerprint density at radius 2 is 1.92 bits per heavy atom. The van der Waals surface area contributed by atoms with Crippen LogP contribution >= 0.6 is 11.6 Å². The van der Waals surface area contributed by atoms with Crippen molar-refractivity contribution in [1.82, 2.24) is 0 Å². The molecule has 0 bridgehead atoms. The third-order valence-corrected chi connectivity index (χ3v) is 5.21. The van der Waals surface area contributed by atoms with E-state index in [4.69, 9.17) is 11.6 Å². The molecule has 7 heteroatoms. The summed E-state index contributed by atoms with van der Waals surface area (Å²) < 4.78 is 36.9. The molecule has 2 aliphatic rings. The first kappa shape index (κ1) is 17.3. The lowest BCUT2D eigenvalue weighted by atomic mass is 9.80. The van der Waals surface area contributed by atoms with Crippen molar-refractivity contribution >= 4 is 29.0 Å². The van der Waals surface area contributed by atoms with Crippen LogP contribution in [0.2, 0.25) is 5.02 Å². The monoisotopic (exact) mass is 359 g/mol. The molecule has 1 saturated carbocycles. The Morgan fingerprint density at radius 1 is 1.25 bits per heavy atom. The molecule has 1 aliphatic carbocycles. The van der Waals surface area contributed by atoms with Crippen molar-refractivity contribution in [3.05, 3.63) is 28.8 Å². The van der Waals surface area contributed by atoms with Crippen molar-refractivity contribution in [2.45, 2.75) is 50.1 Å². The molecule has 130 valence electrons. The molecule has 1 aliphatic heterocycles. The molecular formula is C17H17ClF3NO2. The zero-order chi connectivity index (χ0) is 17.5. The van der Waals surface area contributed by atoms with Gasteiger partial charge in [-0.05, 0) is 25.0 Å². The van der Waals surface area contributed by atoms with Crippen LogP contribution in [0.1, 0.15) is 44.1 Å². The van der Waals surface area contributed by atoms with Gasteiger partial charge in [-0.2, -0.15) is 13.2 Å². The molecule has 0 radical (unpaired) electrons. The topological polar surface area (TPSA) is 37.4 Å². The summed E-state index contributed by atoms with van der Waals surface area (Å²) in [6.45, 7) is -0.329. The Kier molecular flexibility index (Phi) is 4.36. The minimum Gasteiger partial charge on any atom is -0.304 e. The molecule has 0 saturated heterocycles. The number of anilines is 1. The third-order valence-electron chi connectivity index (χ3n) is 4.89. The number of alkyl halides is 3. The van der Waals surface area contributed by atoms with Gasteiger partial charge in [0.2, 0.25) is 5.91 Å². The molecule has 1 fully saturated rings. The van der Waals surface area contributed by atoms with E-state index in [1.54, 1.807) is 18.2 Å². The van der Waals surface area contributed by atoms with Gasteiger partial charge < -0.3 is 4.90 Å². The van der Waals surface area contributed by atoms with E-state index in [-0.39, 0.29) is 12.5 Å². The van der Waals surface area contributed by atoms with E-state index in [0.29, 0.717) is 23.6 Å². The number of halogens is 4. The van der Waals surface area contributed by atoms with E-state index in [9.17, 15) is 22.8 Å². The first-order valence-electron chi connectivity index (χ1n) is 7.94. The second-order valence-corrected chi connectivity index (χ2v) is 6.88. The fourth-order valence-electron chi connectivity index (χ4n) is 3.82. The van der Waals surface area contributed by atoms with Gasteiger partial charge in [-0.15, -0.1) is 0 Å². The van der Waals surface area contributed by atoms with E-state index in [1.807, 2.05) is 0 Å². The first-order chi connectivity index (χ1) is 11.2. The second kappa shape index (κ2) is 6.06. The number of Topliss-reactive ketones (excluding diaryl/α,β-unsaturated/α-hetero) is 1. The van der Waals surface area contributed by atoms with Crippen LogP contribution < -0.4 is 4.90 Å². The maximum Gasteiger partial charge on any atom is 0.389 e. The largest absolute Gasteiger partial charge is 0.389 e. The minimum atomic E-state index is -4.38. The van der Waals surface area contributed by atoms with Gasteiger partial charge in [-0.1, -0.05) is 30.5 Å². The van der Waals surface area contributed by atoms with Gasteiger partial charge >= 0.3 is 6.18 Å². The van der Waals surface area contributed by atoms with E-state index in [0.717, 1.165) is 18.4 Å². The maximum atomic E-state index is 13.0. The number of carbonyl (C=O) groups is 2. The van der Waals surface area contributed by atoms with Gasteiger partial charge in [0.1, 0.15) is 0 Å². The number of hydrogen-bond acceptors (Lipinski definition) is 2. The lowest BCUT2D eigenvalue weighted by Gasteiger charge is -2.23. The molecule has 0 atom stereocenters. The number of nitrogens with zero attached hydrogens (tertiary/aromatic N) is 1. The summed E-state index contributed by atoms with van der Waals surface area (Å²) in [4.78, 5) is 26.3. The lowest BCUT2D eigenvalue weighted by molar-refractivity contribution is -0.142. The van der Waals surface area contributed by atoms with Crippen LogP contribution in [0.5, 0.6) is 0 Å². The first-order valence-corrected chi connectivity index (χ1v) is 8.32. The molecule has 1 aromatic rings. The summed E-state index contributed by atoms with van der Waals surface area (Å²) in [6, 6.07) is 5.11.